The lowest BCUT2D eigenvalue weighted by atomic mass is 10.0. The fourth-order valence-corrected chi connectivity index (χ4v) is 4.40. The summed E-state index contributed by atoms with van der Waals surface area (Å²) in [5.41, 5.74) is 3.51. The number of carbonyl (C=O) groups is 1. The number of carbonyl (C=O) groups excluding carboxylic acids is 1. The number of anilines is 1. The van der Waals surface area contributed by atoms with E-state index in [1.165, 1.54) is 16.9 Å². The van der Waals surface area contributed by atoms with Crippen LogP contribution in [0.4, 0.5) is 5.13 Å². The van der Waals surface area contributed by atoms with Crippen molar-refractivity contribution >= 4 is 32.6 Å². The molecule has 0 aliphatic rings. The van der Waals surface area contributed by atoms with E-state index in [0.717, 1.165) is 22.5 Å². The number of aromatic nitrogens is 3. The first-order valence-electron chi connectivity index (χ1n) is 9.76. The Kier molecular flexibility index (Phi) is 5.24. The van der Waals surface area contributed by atoms with Crippen LogP contribution in [-0.4, -0.2) is 20.7 Å². The van der Waals surface area contributed by atoms with Crippen molar-refractivity contribution in [2.75, 3.05) is 4.90 Å². The van der Waals surface area contributed by atoms with E-state index in [4.69, 9.17) is 9.40 Å². The van der Waals surface area contributed by atoms with Crippen LogP contribution in [0.15, 0.2) is 47.1 Å². The summed E-state index contributed by atoms with van der Waals surface area (Å²) in [4.78, 5) is 19.9. The summed E-state index contributed by atoms with van der Waals surface area (Å²) in [5, 5.41) is 5.13. The van der Waals surface area contributed by atoms with E-state index in [9.17, 15) is 4.79 Å². The molecular formula is C22H24N4O2S. The maximum absolute atomic E-state index is 13.4. The van der Waals surface area contributed by atoms with Crippen molar-refractivity contribution in [2.24, 2.45) is 0 Å². The van der Waals surface area contributed by atoms with E-state index in [-0.39, 0.29) is 5.91 Å². The van der Waals surface area contributed by atoms with E-state index < -0.39 is 0 Å². The van der Waals surface area contributed by atoms with Crippen LogP contribution >= 0.6 is 11.3 Å². The molecule has 0 unspecified atom stereocenters. The largest absolute Gasteiger partial charge is 0.467 e. The second kappa shape index (κ2) is 7.83. The lowest BCUT2D eigenvalue weighted by molar-refractivity contribution is 0.0977. The van der Waals surface area contributed by atoms with Crippen molar-refractivity contribution in [3.63, 3.8) is 0 Å². The lowest BCUT2D eigenvalue weighted by Gasteiger charge is -2.17. The number of hydrogen-bond donors (Lipinski definition) is 0. The normalized spacial score (nSPS) is 11.5. The Morgan fingerprint density at radius 3 is 2.76 bits per heavy atom. The van der Waals surface area contributed by atoms with E-state index >= 15 is 0 Å². The van der Waals surface area contributed by atoms with E-state index in [2.05, 4.69) is 25.0 Å². The van der Waals surface area contributed by atoms with Gasteiger partial charge in [0.1, 0.15) is 5.76 Å². The van der Waals surface area contributed by atoms with Gasteiger partial charge in [-0.3, -0.25) is 14.4 Å². The fourth-order valence-electron chi connectivity index (χ4n) is 3.40. The molecule has 0 aliphatic heterocycles. The summed E-state index contributed by atoms with van der Waals surface area (Å²) in [5.74, 6) is 0.876. The molecule has 0 spiro atoms. The molecule has 29 heavy (non-hydrogen) atoms. The minimum Gasteiger partial charge on any atom is -0.467 e. The Bertz CT molecular complexity index is 1140. The van der Waals surface area contributed by atoms with Gasteiger partial charge in [-0.1, -0.05) is 37.3 Å². The Morgan fingerprint density at radius 1 is 1.28 bits per heavy atom. The van der Waals surface area contributed by atoms with Gasteiger partial charge in [0.05, 0.1) is 23.0 Å². The molecule has 3 aromatic heterocycles. The van der Waals surface area contributed by atoms with Gasteiger partial charge in [0.15, 0.2) is 10.8 Å². The van der Waals surface area contributed by atoms with Crippen LogP contribution in [0.25, 0.3) is 10.2 Å². The number of thiazole rings is 1. The van der Waals surface area contributed by atoms with Gasteiger partial charge in [0, 0.05) is 12.2 Å². The maximum atomic E-state index is 13.4. The summed E-state index contributed by atoms with van der Waals surface area (Å²) in [7, 11) is 0. The minimum absolute atomic E-state index is 0.179. The number of hydrogen-bond acceptors (Lipinski definition) is 5. The number of fused-ring (bicyclic) bond motifs is 1. The molecular weight excluding hydrogens is 384 g/mol. The molecule has 0 fully saturated rings. The molecule has 4 rings (SSSR count). The highest BCUT2D eigenvalue weighted by molar-refractivity contribution is 7.22. The molecule has 0 atom stereocenters. The molecule has 3 heterocycles. The quantitative estimate of drug-likeness (QED) is 0.429. The van der Waals surface area contributed by atoms with Crippen LogP contribution in [0.1, 0.15) is 54.2 Å². The molecule has 4 aromatic rings. The van der Waals surface area contributed by atoms with Crippen LogP contribution in [0.3, 0.4) is 0 Å². The Hall–Kier alpha value is -2.93. The number of amides is 1. The number of furan rings is 1. The molecule has 0 saturated heterocycles. The topological polar surface area (TPSA) is 64.2 Å². The standard InChI is InChI=1S/C22H24N4O2S/c1-5-26-15(4)12-18(24-26)21(27)25(13-16-8-7-11-28-16)22-23-20-17(14(2)3)9-6-10-19(20)29-22/h6-12,14H,5,13H2,1-4H3. The lowest BCUT2D eigenvalue weighted by Crippen LogP contribution is -2.30. The molecule has 150 valence electrons. The minimum atomic E-state index is -0.179. The number of aryl methyl sites for hydroxylation is 2. The monoisotopic (exact) mass is 408 g/mol. The van der Waals surface area contributed by atoms with Gasteiger partial charge in [0.25, 0.3) is 5.91 Å². The van der Waals surface area contributed by atoms with Crippen molar-refractivity contribution in [3.05, 3.63) is 65.4 Å². The SMILES string of the molecule is CCn1nc(C(=O)N(Cc2ccco2)c2nc3c(C(C)C)cccc3s2)cc1C. The first-order valence-corrected chi connectivity index (χ1v) is 10.6. The Morgan fingerprint density at radius 2 is 2.10 bits per heavy atom. The average molecular weight is 409 g/mol. The molecule has 0 bridgehead atoms. The van der Waals surface area contributed by atoms with Crippen molar-refractivity contribution in [1.82, 2.24) is 14.8 Å². The van der Waals surface area contributed by atoms with Gasteiger partial charge < -0.3 is 4.42 Å². The van der Waals surface area contributed by atoms with Crippen LogP contribution in [0.5, 0.6) is 0 Å². The van der Waals surface area contributed by atoms with Gasteiger partial charge in [-0.2, -0.15) is 5.10 Å². The van der Waals surface area contributed by atoms with Gasteiger partial charge in [0.2, 0.25) is 0 Å². The highest BCUT2D eigenvalue weighted by Crippen LogP contribution is 2.34. The number of benzene rings is 1. The van der Waals surface area contributed by atoms with Crippen LogP contribution in [0, 0.1) is 6.92 Å². The zero-order valence-corrected chi connectivity index (χ0v) is 17.9. The second-order valence-corrected chi connectivity index (χ2v) is 8.31. The van der Waals surface area contributed by atoms with E-state index in [1.54, 1.807) is 11.2 Å². The summed E-state index contributed by atoms with van der Waals surface area (Å²) in [6, 6.07) is 11.7. The zero-order valence-electron chi connectivity index (χ0n) is 17.0. The molecule has 1 amide bonds. The van der Waals surface area contributed by atoms with Crippen LogP contribution in [-0.2, 0) is 13.1 Å². The van der Waals surface area contributed by atoms with Crippen LogP contribution < -0.4 is 4.90 Å². The maximum Gasteiger partial charge on any atom is 0.280 e. The molecule has 0 N–H and O–H groups in total. The van der Waals surface area contributed by atoms with Crippen molar-refractivity contribution < 1.29 is 9.21 Å². The molecule has 0 radical (unpaired) electrons. The molecule has 6 nitrogen and oxygen atoms in total. The smallest absolute Gasteiger partial charge is 0.280 e. The second-order valence-electron chi connectivity index (χ2n) is 7.30. The third kappa shape index (κ3) is 3.70. The van der Waals surface area contributed by atoms with E-state index in [0.29, 0.717) is 29.0 Å². The third-order valence-electron chi connectivity index (χ3n) is 4.93. The molecule has 1 aromatic carbocycles. The fraction of sp³-hybridized carbons (Fsp3) is 0.318. The van der Waals surface area contributed by atoms with Gasteiger partial charge >= 0.3 is 0 Å². The molecule has 0 aliphatic carbocycles. The summed E-state index contributed by atoms with van der Waals surface area (Å²) in [6.45, 7) is 9.29. The number of para-hydroxylation sites is 1. The summed E-state index contributed by atoms with van der Waals surface area (Å²) < 4.78 is 8.41. The average Bonchev–Trinajstić information content (AvgIpc) is 3.44. The Labute approximate surface area is 173 Å². The first-order chi connectivity index (χ1) is 14.0. The van der Waals surface area contributed by atoms with Crippen molar-refractivity contribution in [1.29, 1.82) is 0 Å². The van der Waals surface area contributed by atoms with Crippen molar-refractivity contribution in [3.8, 4) is 0 Å². The molecule has 0 saturated carbocycles. The van der Waals surface area contributed by atoms with Crippen LogP contribution in [0.2, 0.25) is 0 Å². The van der Waals surface area contributed by atoms with Gasteiger partial charge in [-0.15, -0.1) is 0 Å². The highest BCUT2D eigenvalue weighted by Gasteiger charge is 2.26. The summed E-state index contributed by atoms with van der Waals surface area (Å²) >= 11 is 1.52. The van der Waals surface area contributed by atoms with E-state index in [1.807, 2.05) is 48.9 Å². The third-order valence-corrected chi connectivity index (χ3v) is 5.97. The predicted molar refractivity (Wildman–Crippen MR) is 116 cm³/mol. The van der Waals surface area contributed by atoms with Gasteiger partial charge in [-0.05, 0) is 49.6 Å². The predicted octanol–water partition coefficient (Wildman–Crippen LogP) is 5.38. The van der Waals surface area contributed by atoms with Crippen molar-refractivity contribution in [2.45, 2.75) is 46.7 Å². The summed E-state index contributed by atoms with van der Waals surface area (Å²) in [6.07, 6.45) is 1.61. The zero-order chi connectivity index (χ0) is 20.5. The number of nitrogens with zero attached hydrogens (tertiary/aromatic N) is 4. The number of rotatable bonds is 6. The van der Waals surface area contributed by atoms with Gasteiger partial charge in [-0.25, -0.2) is 4.98 Å². The molecule has 7 heteroatoms. The highest BCUT2D eigenvalue weighted by atomic mass is 32.1. The Balaban J connectivity index is 1.79. The first kappa shape index (κ1) is 19.4.